The van der Waals surface area contributed by atoms with Gasteiger partial charge in [-0.05, 0) is 38.7 Å². The number of fused-ring (bicyclic) bond motifs is 2. The molecule has 2 N–H and O–H groups in total. The van der Waals surface area contributed by atoms with E-state index in [2.05, 4.69) is 32.2 Å². The zero-order valence-corrected chi connectivity index (χ0v) is 16.9. The molecule has 0 aromatic heterocycles. The minimum atomic E-state index is -0.385. The Morgan fingerprint density at radius 1 is 1.37 bits per heavy atom. The van der Waals surface area contributed by atoms with Crippen molar-refractivity contribution < 1.29 is 19.4 Å². The Kier molecular flexibility index (Phi) is 5.52. The SMILES string of the molecule is CC1=C[C@@H](C)[C@]2(COC(=O)NC(C)C)CO[C@H](c3ccccc3O)[C@@H]1[C@@H]2C. The van der Waals surface area contributed by atoms with Crippen molar-refractivity contribution in [3.8, 4) is 5.75 Å². The molecule has 3 rings (SSSR count). The molecular weight excluding hydrogens is 342 g/mol. The summed E-state index contributed by atoms with van der Waals surface area (Å²) in [6, 6.07) is 7.42. The molecule has 1 fully saturated rings. The maximum atomic E-state index is 12.0. The third-order valence-corrected chi connectivity index (χ3v) is 6.37. The first-order valence-corrected chi connectivity index (χ1v) is 9.77. The smallest absolute Gasteiger partial charge is 0.407 e. The summed E-state index contributed by atoms with van der Waals surface area (Å²) < 4.78 is 11.9. The van der Waals surface area contributed by atoms with Crippen molar-refractivity contribution in [3.63, 3.8) is 0 Å². The third-order valence-electron chi connectivity index (χ3n) is 6.37. The molecule has 1 saturated heterocycles. The van der Waals surface area contributed by atoms with E-state index in [1.807, 2.05) is 32.0 Å². The lowest BCUT2D eigenvalue weighted by atomic mass is 9.56. The fraction of sp³-hybridized carbons (Fsp3) is 0.591. The number of allylic oxidation sites excluding steroid dienone is 1. The van der Waals surface area contributed by atoms with Gasteiger partial charge in [-0.25, -0.2) is 4.79 Å². The second-order valence-corrected chi connectivity index (χ2v) is 8.41. The van der Waals surface area contributed by atoms with Crippen LogP contribution in [0.25, 0.3) is 0 Å². The molecule has 1 amide bonds. The molecule has 1 aromatic rings. The van der Waals surface area contributed by atoms with Crippen molar-refractivity contribution in [2.75, 3.05) is 13.2 Å². The van der Waals surface area contributed by atoms with Crippen LogP contribution in [0.3, 0.4) is 0 Å². The molecule has 2 aliphatic rings. The molecule has 1 aromatic carbocycles. The van der Waals surface area contributed by atoms with Gasteiger partial charge in [0.25, 0.3) is 0 Å². The molecule has 148 valence electrons. The van der Waals surface area contributed by atoms with Crippen molar-refractivity contribution in [3.05, 3.63) is 41.5 Å². The summed E-state index contributed by atoms with van der Waals surface area (Å²) in [7, 11) is 0. The van der Waals surface area contributed by atoms with Crippen LogP contribution in [0.5, 0.6) is 5.75 Å². The number of phenols is 1. The fourth-order valence-electron chi connectivity index (χ4n) is 4.74. The number of alkyl carbamates (subject to hydrolysis) is 1. The first kappa shape index (κ1) is 19.7. The standard InChI is InChI=1S/C22H31NO4/c1-13(2)23-21(25)27-12-22-11-26-20(17-8-6-7-9-18(17)24)19(16(22)5)14(3)10-15(22)4/h6-10,13,15-16,19-20,24H,11-12H2,1-5H3,(H,23,25)/t15-,16+,19+,20-,22-/m1/s1. The van der Waals surface area contributed by atoms with E-state index >= 15 is 0 Å². The Morgan fingerprint density at radius 3 is 2.74 bits per heavy atom. The van der Waals surface area contributed by atoms with Crippen molar-refractivity contribution in [2.24, 2.45) is 23.2 Å². The fourth-order valence-corrected chi connectivity index (χ4v) is 4.74. The van der Waals surface area contributed by atoms with Crippen molar-refractivity contribution in [1.82, 2.24) is 5.32 Å². The Labute approximate surface area is 161 Å². The summed E-state index contributed by atoms with van der Waals surface area (Å²) in [4.78, 5) is 12.0. The van der Waals surface area contributed by atoms with E-state index in [4.69, 9.17) is 9.47 Å². The first-order valence-electron chi connectivity index (χ1n) is 9.77. The zero-order valence-electron chi connectivity index (χ0n) is 16.9. The maximum absolute atomic E-state index is 12.0. The van der Waals surface area contributed by atoms with Crippen LogP contribution in [0.15, 0.2) is 35.9 Å². The van der Waals surface area contributed by atoms with Crippen LogP contribution in [0.2, 0.25) is 0 Å². The highest BCUT2D eigenvalue weighted by molar-refractivity contribution is 5.67. The van der Waals surface area contributed by atoms with Crippen LogP contribution >= 0.6 is 0 Å². The van der Waals surface area contributed by atoms with Crippen LogP contribution in [-0.4, -0.2) is 30.5 Å². The quantitative estimate of drug-likeness (QED) is 0.766. The average Bonchev–Trinajstić information content (AvgIpc) is 2.59. The number of amides is 1. The van der Waals surface area contributed by atoms with Gasteiger partial charge in [-0.1, -0.05) is 43.7 Å². The highest BCUT2D eigenvalue weighted by Crippen LogP contribution is 2.57. The molecule has 1 aliphatic carbocycles. The predicted octanol–water partition coefficient (Wildman–Crippen LogP) is 4.43. The van der Waals surface area contributed by atoms with Crippen LogP contribution in [0.4, 0.5) is 4.79 Å². The number of ether oxygens (including phenoxy) is 2. The lowest BCUT2D eigenvalue weighted by Crippen LogP contribution is -2.55. The number of hydrogen-bond acceptors (Lipinski definition) is 4. The van der Waals surface area contributed by atoms with E-state index in [9.17, 15) is 9.90 Å². The van der Waals surface area contributed by atoms with Gasteiger partial charge >= 0.3 is 6.09 Å². The summed E-state index contributed by atoms with van der Waals surface area (Å²) in [6.45, 7) is 11.2. The molecule has 27 heavy (non-hydrogen) atoms. The van der Waals surface area contributed by atoms with Crippen molar-refractivity contribution in [1.29, 1.82) is 0 Å². The average molecular weight is 373 g/mol. The van der Waals surface area contributed by atoms with Crippen LogP contribution < -0.4 is 5.32 Å². The van der Waals surface area contributed by atoms with Gasteiger partial charge in [0.2, 0.25) is 0 Å². The monoisotopic (exact) mass is 373 g/mol. The highest BCUT2D eigenvalue weighted by atomic mass is 16.6. The maximum Gasteiger partial charge on any atom is 0.407 e. The van der Waals surface area contributed by atoms with E-state index in [1.165, 1.54) is 5.57 Å². The summed E-state index contributed by atoms with van der Waals surface area (Å²) in [5, 5.41) is 13.1. The molecule has 1 aliphatic heterocycles. The van der Waals surface area contributed by atoms with Crippen molar-refractivity contribution in [2.45, 2.75) is 46.8 Å². The predicted molar refractivity (Wildman–Crippen MR) is 104 cm³/mol. The topological polar surface area (TPSA) is 67.8 Å². The number of carbonyl (C=O) groups is 1. The van der Waals surface area contributed by atoms with Gasteiger partial charge in [0.05, 0.1) is 12.7 Å². The number of para-hydroxylation sites is 1. The Morgan fingerprint density at radius 2 is 2.07 bits per heavy atom. The van der Waals surface area contributed by atoms with E-state index in [1.54, 1.807) is 6.07 Å². The number of nitrogens with one attached hydrogen (secondary N) is 1. The van der Waals surface area contributed by atoms with Gasteiger partial charge in [-0.2, -0.15) is 0 Å². The Balaban J connectivity index is 1.87. The van der Waals surface area contributed by atoms with E-state index < -0.39 is 0 Å². The molecule has 0 spiro atoms. The number of rotatable bonds is 4. The van der Waals surface area contributed by atoms with Crippen LogP contribution in [0.1, 0.15) is 46.3 Å². The van der Waals surface area contributed by atoms with E-state index in [-0.39, 0.29) is 47.2 Å². The summed E-state index contributed by atoms with van der Waals surface area (Å²) in [5.41, 5.74) is 1.83. The number of phenolic OH excluding ortho intramolecular Hbond substituents is 1. The van der Waals surface area contributed by atoms with Gasteiger partial charge < -0.3 is 19.9 Å². The van der Waals surface area contributed by atoms with E-state index in [0.29, 0.717) is 13.2 Å². The lowest BCUT2D eigenvalue weighted by Gasteiger charge is -2.55. The molecule has 1 heterocycles. The largest absolute Gasteiger partial charge is 0.508 e. The number of aromatic hydroxyl groups is 1. The van der Waals surface area contributed by atoms with Gasteiger partial charge in [-0.15, -0.1) is 0 Å². The number of carbonyl (C=O) groups excluding carboxylic acids is 1. The lowest BCUT2D eigenvalue weighted by molar-refractivity contribution is -0.166. The summed E-state index contributed by atoms with van der Waals surface area (Å²) in [5.74, 6) is 0.893. The van der Waals surface area contributed by atoms with E-state index in [0.717, 1.165) is 5.56 Å². The Hall–Kier alpha value is -2.01. The second-order valence-electron chi connectivity index (χ2n) is 8.41. The third kappa shape index (κ3) is 3.57. The minimum absolute atomic E-state index is 0.0409. The molecule has 0 saturated carbocycles. The molecule has 0 unspecified atom stereocenters. The minimum Gasteiger partial charge on any atom is -0.508 e. The molecule has 5 atom stereocenters. The molecule has 0 radical (unpaired) electrons. The molecular formula is C22H31NO4. The summed E-state index contributed by atoms with van der Waals surface area (Å²) >= 11 is 0. The highest BCUT2D eigenvalue weighted by Gasteiger charge is 2.54. The van der Waals surface area contributed by atoms with Gasteiger partial charge in [-0.3, -0.25) is 0 Å². The van der Waals surface area contributed by atoms with Crippen molar-refractivity contribution >= 4 is 6.09 Å². The van der Waals surface area contributed by atoms with Gasteiger partial charge in [0.15, 0.2) is 0 Å². The molecule has 5 heteroatoms. The van der Waals surface area contributed by atoms with Gasteiger partial charge in [0, 0.05) is 22.9 Å². The normalized spacial score (nSPS) is 32.7. The first-order chi connectivity index (χ1) is 12.8. The van der Waals surface area contributed by atoms with Crippen LogP contribution in [-0.2, 0) is 9.47 Å². The number of hydrogen-bond donors (Lipinski definition) is 2. The molecule has 5 nitrogen and oxygen atoms in total. The van der Waals surface area contributed by atoms with Crippen LogP contribution in [0, 0.1) is 23.2 Å². The summed E-state index contributed by atoms with van der Waals surface area (Å²) in [6.07, 6.45) is 1.70. The van der Waals surface area contributed by atoms with Gasteiger partial charge in [0.1, 0.15) is 12.4 Å². The Bertz CT molecular complexity index is 729. The molecule has 2 bridgehead atoms. The second kappa shape index (κ2) is 7.55. The zero-order chi connectivity index (χ0) is 19.8. The number of benzene rings is 1.